The van der Waals surface area contributed by atoms with Crippen molar-refractivity contribution in [2.75, 3.05) is 11.5 Å². The quantitative estimate of drug-likeness (QED) is 0.504. The zero-order chi connectivity index (χ0) is 15.7. The minimum atomic E-state index is -0.765. The van der Waals surface area contributed by atoms with Crippen molar-refractivity contribution in [2.24, 2.45) is 11.5 Å². The minimum absolute atomic E-state index is 0.602. The summed E-state index contributed by atoms with van der Waals surface area (Å²) in [5, 5.41) is 0. The normalized spacial score (nSPS) is 16.4. The van der Waals surface area contributed by atoms with E-state index in [2.05, 4.69) is 6.08 Å². The summed E-state index contributed by atoms with van der Waals surface area (Å²) >= 11 is 0. The smallest absolute Gasteiger partial charge is 0.0867 e. The second-order valence-corrected chi connectivity index (χ2v) is 5.74. The van der Waals surface area contributed by atoms with Gasteiger partial charge in [-0.05, 0) is 52.6 Å². The van der Waals surface area contributed by atoms with E-state index >= 15 is 0 Å². The zero-order valence-electron chi connectivity index (χ0n) is 12.3. The van der Waals surface area contributed by atoms with Crippen LogP contribution in [0.25, 0.3) is 16.7 Å². The molecule has 4 nitrogen and oxygen atoms in total. The molecule has 2 aromatic rings. The highest BCUT2D eigenvalue weighted by molar-refractivity contribution is 5.87. The maximum Gasteiger partial charge on any atom is 0.0867 e. The molecule has 22 heavy (non-hydrogen) atoms. The molecule has 0 atom stereocenters. The van der Waals surface area contributed by atoms with Crippen LogP contribution in [0.1, 0.15) is 12.0 Å². The van der Waals surface area contributed by atoms with Crippen LogP contribution >= 0.6 is 0 Å². The van der Waals surface area contributed by atoms with E-state index in [0.717, 1.165) is 33.6 Å². The monoisotopic (exact) mass is 292 g/mol. The molecule has 0 heterocycles. The molecule has 0 saturated carbocycles. The summed E-state index contributed by atoms with van der Waals surface area (Å²) in [6, 6.07) is 13.7. The van der Waals surface area contributed by atoms with Gasteiger partial charge in [0.05, 0.1) is 5.66 Å². The highest BCUT2D eigenvalue weighted by Crippen LogP contribution is 2.34. The van der Waals surface area contributed by atoms with Crippen LogP contribution in [0.3, 0.4) is 0 Å². The Morgan fingerprint density at radius 2 is 1.50 bits per heavy atom. The first kappa shape index (κ1) is 14.4. The van der Waals surface area contributed by atoms with Gasteiger partial charge in [-0.1, -0.05) is 30.4 Å². The summed E-state index contributed by atoms with van der Waals surface area (Å²) in [5.74, 6) is 0. The molecule has 1 aliphatic rings. The fourth-order valence-electron chi connectivity index (χ4n) is 2.58. The predicted octanol–water partition coefficient (Wildman–Crippen LogP) is 2.48. The van der Waals surface area contributed by atoms with E-state index in [-0.39, 0.29) is 0 Å². The average Bonchev–Trinajstić information content (AvgIpc) is 2.48. The molecule has 0 aromatic heterocycles. The van der Waals surface area contributed by atoms with Gasteiger partial charge < -0.3 is 22.9 Å². The van der Waals surface area contributed by atoms with Gasteiger partial charge in [0.1, 0.15) is 0 Å². The van der Waals surface area contributed by atoms with Gasteiger partial charge in [0.15, 0.2) is 0 Å². The van der Waals surface area contributed by atoms with E-state index in [0.29, 0.717) is 6.42 Å². The Labute approximate surface area is 130 Å². The maximum absolute atomic E-state index is 5.97. The van der Waals surface area contributed by atoms with Gasteiger partial charge >= 0.3 is 0 Å². The molecule has 0 spiro atoms. The molecule has 0 saturated heterocycles. The van der Waals surface area contributed by atoms with Gasteiger partial charge in [0.25, 0.3) is 0 Å². The third-order valence-electron chi connectivity index (χ3n) is 3.83. The summed E-state index contributed by atoms with van der Waals surface area (Å²) in [6.45, 7) is 0. The van der Waals surface area contributed by atoms with Crippen LogP contribution in [0.4, 0.5) is 11.4 Å². The number of rotatable bonds is 2. The van der Waals surface area contributed by atoms with Crippen molar-refractivity contribution in [3.8, 4) is 11.1 Å². The fourth-order valence-corrected chi connectivity index (χ4v) is 2.58. The number of allylic oxidation sites excluding steroid dienone is 2. The number of anilines is 2. The predicted molar refractivity (Wildman–Crippen MR) is 93.5 cm³/mol. The van der Waals surface area contributed by atoms with Gasteiger partial charge in [0.2, 0.25) is 0 Å². The Morgan fingerprint density at radius 3 is 2.14 bits per heavy atom. The molecule has 0 unspecified atom stereocenters. The first-order valence-electron chi connectivity index (χ1n) is 7.18. The minimum Gasteiger partial charge on any atom is -0.399 e. The van der Waals surface area contributed by atoms with Gasteiger partial charge in [0, 0.05) is 17.8 Å². The topological polar surface area (TPSA) is 104 Å². The van der Waals surface area contributed by atoms with Crippen LogP contribution in [0, 0.1) is 0 Å². The van der Waals surface area contributed by atoms with Crippen molar-refractivity contribution in [3.63, 3.8) is 0 Å². The van der Waals surface area contributed by atoms with Gasteiger partial charge in [-0.3, -0.25) is 0 Å². The van der Waals surface area contributed by atoms with Crippen molar-refractivity contribution in [2.45, 2.75) is 12.1 Å². The molecule has 0 aliphatic heterocycles. The molecule has 8 N–H and O–H groups in total. The molecule has 0 radical (unpaired) electrons. The Bertz CT molecular complexity index is 755. The average molecular weight is 292 g/mol. The Kier molecular flexibility index (Phi) is 3.48. The molecular formula is C18H20N4. The highest BCUT2D eigenvalue weighted by Gasteiger charge is 2.19. The zero-order valence-corrected chi connectivity index (χ0v) is 12.3. The summed E-state index contributed by atoms with van der Waals surface area (Å²) in [5.41, 5.74) is 28.6. The van der Waals surface area contributed by atoms with Crippen LogP contribution in [0.5, 0.6) is 0 Å². The highest BCUT2D eigenvalue weighted by atomic mass is 14.9. The lowest BCUT2D eigenvalue weighted by Crippen LogP contribution is -2.47. The van der Waals surface area contributed by atoms with Crippen molar-refractivity contribution in [1.29, 1.82) is 0 Å². The fraction of sp³-hybridized carbons (Fsp3) is 0.111. The first-order valence-corrected chi connectivity index (χ1v) is 7.18. The van der Waals surface area contributed by atoms with Crippen molar-refractivity contribution < 1.29 is 0 Å². The van der Waals surface area contributed by atoms with E-state index in [1.165, 1.54) is 0 Å². The molecule has 1 aliphatic carbocycles. The largest absolute Gasteiger partial charge is 0.399 e. The van der Waals surface area contributed by atoms with E-state index in [1.54, 1.807) is 0 Å². The van der Waals surface area contributed by atoms with E-state index in [4.69, 9.17) is 22.9 Å². The summed E-state index contributed by atoms with van der Waals surface area (Å²) in [7, 11) is 0. The standard InChI is InChI=1S/C18H20N4/c19-14-3-1-12(2-4-14)17-11-15(20)5-6-16(17)13-7-9-18(21,22)10-8-13/h1-9,11H,10,19-22H2. The second kappa shape index (κ2) is 5.33. The van der Waals surface area contributed by atoms with Crippen LogP contribution < -0.4 is 22.9 Å². The number of hydrogen-bond donors (Lipinski definition) is 4. The molecule has 4 heteroatoms. The third-order valence-corrected chi connectivity index (χ3v) is 3.83. The Morgan fingerprint density at radius 1 is 0.818 bits per heavy atom. The molecular weight excluding hydrogens is 272 g/mol. The van der Waals surface area contributed by atoms with Crippen LogP contribution in [0.15, 0.2) is 60.7 Å². The Balaban J connectivity index is 2.08. The number of benzene rings is 2. The lowest BCUT2D eigenvalue weighted by Gasteiger charge is -2.23. The van der Waals surface area contributed by atoms with Crippen LogP contribution in [-0.2, 0) is 0 Å². The summed E-state index contributed by atoms with van der Waals surface area (Å²) in [4.78, 5) is 0. The molecule has 2 aromatic carbocycles. The number of hydrogen-bond acceptors (Lipinski definition) is 4. The third kappa shape index (κ3) is 2.88. The number of nitrogens with two attached hydrogens (primary N) is 4. The molecule has 0 amide bonds. The summed E-state index contributed by atoms with van der Waals surface area (Å²) in [6.07, 6.45) is 6.47. The lowest BCUT2D eigenvalue weighted by molar-refractivity contribution is 0.559. The molecule has 0 fully saturated rings. The van der Waals surface area contributed by atoms with Crippen molar-refractivity contribution in [1.82, 2.24) is 0 Å². The van der Waals surface area contributed by atoms with Crippen LogP contribution in [-0.4, -0.2) is 5.66 Å². The van der Waals surface area contributed by atoms with Gasteiger partial charge in [-0.15, -0.1) is 0 Å². The SMILES string of the molecule is Nc1ccc(-c2cc(N)ccc2C2=CCC(N)(N)C=C2)cc1. The molecule has 0 bridgehead atoms. The van der Waals surface area contributed by atoms with Crippen molar-refractivity contribution >= 4 is 16.9 Å². The molecule has 3 rings (SSSR count). The maximum atomic E-state index is 5.97. The van der Waals surface area contributed by atoms with Gasteiger partial charge in [-0.25, -0.2) is 0 Å². The molecule has 112 valence electrons. The number of nitrogen functional groups attached to an aromatic ring is 2. The first-order chi connectivity index (χ1) is 10.4. The van der Waals surface area contributed by atoms with Crippen LogP contribution in [0.2, 0.25) is 0 Å². The van der Waals surface area contributed by atoms with Crippen molar-refractivity contribution in [3.05, 3.63) is 66.3 Å². The van der Waals surface area contributed by atoms with E-state index < -0.39 is 5.66 Å². The van der Waals surface area contributed by atoms with E-state index in [9.17, 15) is 0 Å². The second-order valence-electron chi connectivity index (χ2n) is 5.74. The lowest BCUT2D eigenvalue weighted by atomic mass is 9.89. The van der Waals surface area contributed by atoms with Gasteiger partial charge in [-0.2, -0.15) is 0 Å². The van der Waals surface area contributed by atoms with E-state index in [1.807, 2.05) is 54.6 Å². The Hall–Kier alpha value is -2.56. The summed E-state index contributed by atoms with van der Waals surface area (Å²) < 4.78 is 0.